The van der Waals surface area contributed by atoms with Gasteiger partial charge in [0.15, 0.2) is 5.82 Å². The van der Waals surface area contributed by atoms with Crippen LogP contribution in [-0.2, 0) is 21.7 Å². The number of ether oxygens (including phenoxy) is 1. The van der Waals surface area contributed by atoms with E-state index in [0.717, 1.165) is 0 Å². The first-order valence-electron chi connectivity index (χ1n) is 5.52. The molecule has 1 aromatic rings. The lowest BCUT2D eigenvalue weighted by Gasteiger charge is -2.15. The summed E-state index contributed by atoms with van der Waals surface area (Å²) in [5.41, 5.74) is 0. The molecule has 0 radical (unpaired) electrons. The van der Waals surface area contributed by atoms with Crippen LogP contribution in [0.1, 0.15) is 39.4 Å². The zero-order valence-electron chi connectivity index (χ0n) is 10.6. The van der Waals surface area contributed by atoms with Gasteiger partial charge in [-0.3, -0.25) is 4.79 Å². The molecule has 5 nitrogen and oxygen atoms in total. The van der Waals surface area contributed by atoms with Crippen LogP contribution in [0.5, 0.6) is 0 Å². The number of nitrogens with zero attached hydrogens (tertiary/aromatic N) is 2. The van der Waals surface area contributed by atoms with Gasteiger partial charge in [-0.1, -0.05) is 25.9 Å². The van der Waals surface area contributed by atoms with Gasteiger partial charge in [0.1, 0.15) is 6.42 Å². The second kappa shape index (κ2) is 6.05. The van der Waals surface area contributed by atoms with Gasteiger partial charge < -0.3 is 9.26 Å². The summed E-state index contributed by atoms with van der Waals surface area (Å²) in [6, 6.07) is 0. The minimum atomic E-state index is -0.342. The number of carbonyl (C=O) groups is 1. The number of rotatable bonds is 5. The number of carbonyl (C=O) groups excluding carboxylic acids is 1. The van der Waals surface area contributed by atoms with Crippen molar-refractivity contribution >= 4 is 17.7 Å². The van der Waals surface area contributed by atoms with Gasteiger partial charge >= 0.3 is 5.97 Å². The van der Waals surface area contributed by atoms with E-state index in [1.54, 1.807) is 18.7 Å². The van der Waals surface area contributed by atoms with Gasteiger partial charge in [-0.15, -0.1) is 11.8 Å². The van der Waals surface area contributed by atoms with E-state index in [2.05, 4.69) is 30.9 Å². The number of thioether (sulfide) groups is 1. The fourth-order valence-electron chi connectivity index (χ4n) is 1.04. The molecule has 0 atom stereocenters. The Balaban J connectivity index is 2.45. The van der Waals surface area contributed by atoms with Crippen LogP contribution in [0.3, 0.4) is 0 Å². The molecule has 0 saturated carbocycles. The molecule has 0 amide bonds. The maximum Gasteiger partial charge on any atom is 0.315 e. The van der Waals surface area contributed by atoms with E-state index in [0.29, 0.717) is 24.1 Å². The highest BCUT2D eigenvalue weighted by Gasteiger charge is 2.15. The van der Waals surface area contributed by atoms with Gasteiger partial charge in [-0.25, -0.2) is 0 Å². The van der Waals surface area contributed by atoms with Crippen LogP contribution >= 0.6 is 11.8 Å². The molecule has 96 valence electrons. The van der Waals surface area contributed by atoms with Gasteiger partial charge in [0.2, 0.25) is 5.89 Å². The van der Waals surface area contributed by atoms with Crippen molar-refractivity contribution in [3.05, 3.63) is 11.7 Å². The van der Waals surface area contributed by atoms with Crippen molar-refractivity contribution in [1.82, 2.24) is 10.1 Å². The smallest absolute Gasteiger partial charge is 0.315 e. The normalized spacial score (nSPS) is 11.5. The van der Waals surface area contributed by atoms with E-state index >= 15 is 0 Å². The van der Waals surface area contributed by atoms with Crippen LogP contribution in [-0.4, -0.2) is 27.5 Å². The van der Waals surface area contributed by atoms with Crippen molar-refractivity contribution in [2.45, 2.75) is 44.6 Å². The van der Waals surface area contributed by atoms with Crippen LogP contribution in [0.4, 0.5) is 0 Å². The molecule has 0 aliphatic rings. The van der Waals surface area contributed by atoms with Crippen molar-refractivity contribution in [2.75, 3.05) is 6.61 Å². The summed E-state index contributed by atoms with van der Waals surface area (Å²) in [7, 11) is 0. The molecule has 0 bridgehead atoms. The van der Waals surface area contributed by atoms with Crippen LogP contribution < -0.4 is 0 Å². The molecule has 1 heterocycles. The SMILES string of the molecule is CCOC(=O)Cc1nc(CSC(C)(C)C)no1. The van der Waals surface area contributed by atoms with E-state index in [1.165, 1.54) is 0 Å². The third-order valence-corrected chi connectivity index (χ3v) is 3.01. The predicted molar refractivity (Wildman–Crippen MR) is 65.7 cm³/mol. The van der Waals surface area contributed by atoms with Gasteiger partial charge in [0.05, 0.1) is 12.4 Å². The highest BCUT2D eigenvalue weighted by Crippen LogP contribution is 2.25. The predicted octanol–water partition coefficient (Wildman–Crippen LogP) is 2.21. The Morgan fingerprint density at radius 2 is 2.18 bits per heavy atom. The zero-order chi connectivity index (χ0) is 12.9. The van der Waals surface area contributed by atoms with Gasteiger partial charge in [-0.2, -0.15) is 4.98 Å². The van der Waals surface area contributed by atoms with Crippen molar-refractivity contribution in [1.29, 1.82) is 0 Å². The monoisotopic (exact) mass is 258 g/mol. The van der Waals surface area contributed by atoms with Crippen LogP contribution in [0.25, 0.3) is 0 Å². The Bertz CT molecular complexity index is 371. The molecule has 0 aliphatic carbocycles. The highest BCUT2D eigenvalue weighted by atomic mass is 32.2. The number of hydrogen-bond donors (Lipinski definition) is 0. The first kappa shape index (κ1) is 14.0. The highest BCUT2D eigenvalue weighted by molar-refractivity contribution is 7.99. The van der Waals surface area contributed by atoms with Gasteiger partial charge in [0, 0.05) is 4.75 Å². The summed E-state index contributed by atoms with van der Waals surface area (Å²) in [5.74, 6) is 1.26. The Morgan fingerprint density at radius 3 is 2.76 bits per heavy atom. The fourth-order valence-corrected chi connectivity index (χ4v) is 1.72. The maximum atomic E-state index is 11.2. The van der Waals surface area contributed by atoms with Crippen molar-refractivity contribution < 1.29 is 14.1 Å². The van der Waals surface area contributed by atoms with Crippen molar-refractivity contribution in [3.8, 4) is 0 Å². The minimum Gasteiger partial charge on any atom is -0.466 e. The van der Waals surface area contributed by atoms with Crippen molar-refractivity contribution in [2.24, 2.45) is 0 Å². The quantitative estimate of drug-likeness (QED) is 0.754. The Hall–Kier alpha value is -1.04. The minimum absolute atomic E-state index is 0.0427. The van der Waals surface area contributed by atoms with E-state index in [9.17, 15) is 4.79 Å². The Morgan fingerprint density at radius 1 is 1.47 bits per heavy atom. The second-order valence-corrected chi connectivity index (χ2v) is 6.29. The molecule has 0 N–H and O–H groups in total. The van der Waals surface area contributed by atoms with Crippen LogP contribution in [0.2, 0.25) is 0 Å². The molecule has 0 fully saturated rings. The number of aromatic nitrogens is 2. The van der Waals surface area contributed by atoms with Gasteiger partial charge in [0.25, 0.3) is 0 Å². The lowest BCUT2D eigenvalue weighted by atomic mass is 10.3. The molecule has 0 saturated heterocycles. The zero-order valence-corrected chi connectivity index (χ0v) is 11.5. The first-order valence-corrected chi connectivity index (χ1v) is 6.50. The van der Waals surface area contributed by atoms with E-state index < -0.39 is 0 Å². The molecule has 1 rings (SSSR count). The van der Waals surface area contributed by atoms with E-state index in [4.69, 9.17) is 9.26 Å². The molecule has 17 heavy (non-hydrogen) atoms. The van der Waals surface area contributed by atoms with Crippen LogP contribution in [0.15, 0.2) is 4.52 Å². The van der Waals surface area contributed by atoms with E-state index in [1.807, 2.05) is 0 Å². The third kappa shape index (κ3) is 5.72. The molecule has 1 aromatic heterocycles. The van der Waals surface area contributed by atoms with Crippen molar-refractivity contribution in [3.63, 3.8) is 0 Å². The van der Waals surface area contributed by atoms with Crippen LogP contribution in [0, 0.1) is 0 Å². The average Bonchev–Trinajstić information content (AvgIpc) is 2.62. The number of esters is 1. The summed E-state index contributed by atoms with van der Waals surface area (Å²) < 4.78 is 9.92. The number of hydrogen-bond acceptors (Lipinski definition) is 6. The summed E-state index contributed by atoms with van der Waals surface area (Å²) in [6.07, 6.45) is 0.0427. The van der Waals surface area contributed by atoms with E-state index in [-0.39, 0.29) is 17.1 Å². The molecular weight excluding hydrogens is 240 g/mol. The molecule has 0 spiro atoms. The molecular formula is C11H18N2O3S. The topological polar surface area (TPSA) is 65.2 Å². The summed E-state index contributed by atoms with van der Waals surface area (Å²) in [5, 5.41) is 3.82. The third-order valence-electron chi connectivity index (χ3n) is 1.75. The second-order valence-electron chi connectivity index (χ2n) is 4.49. The maximum absolute atomic E-state index is 11.2. The summed E-state index contributed by atoms with van der Waals surface area (Å²) >= 11 is 1.73. The van der Waals surface area contributed by atoms with Gasteiger partial charge in [-0.05, 0) is 6.92 Å². The molecule has 0 aliphatic heterocycles. The summed E-state index contributed by atoms with van der Waals surface area (Å²) in [6.45, 7) is 8.49. The Kier molecular flexibility index (Phi) is 4.99. The standard InChI is InChI=1S/C11H18N2O3S/c1-5-15-10(14)6-9-12-8(13-16-9)7-17-11(2,3)4/h5-7H2,1-4H3. The first-order chi connectivity index (χ1) is 7.90. The fraction of sp³-hybridized carbons (Fsp3) is 0.727. The molecule has 0 unspecified atom stereocenters. The lowest BCUT2D eigenvalue weighted by molar-refractivity contribution is -0.142. The largest absolute Gasteiger partial charge is 0.466 e. The summed E-state index contributed by atoms with van der Waals surface area (Å²) in [4.78, 5) is 15.3. The average molecular weight is 258 g/mol. The lowest BCUT2D eigenvalue weighted by Crippen LogP contribution is -2.08. The Labute approximate surface area is 105 Å². The molecule has 0 aromatic carbocycles. The molecule has 6 heteroatoms.